The van der Waals surface area contributed by atoms with Crippen LogP contribution in [0.25, 0.3) is 0 Å². The predicted molar refractivity (Wildman–Crippen MR) is 38.7 cm³/mol. The SMILES string of the molecule is [O-][NH+]([O-])c1ccc(C(F)F)c(F)c1. The second-order valence-electron chi connectivity index (χ2n) is 2.32. The molecule has 0 spiro atoms. The van der Waals surface area contributed by atoms with Gasteiger partial charge >= 0.3 is 0 Å². The van der Waals surface area contributed by atoms with Crippen LogP contribution < -0.4 is 5.23 Å². The highest BCUT2D eigenvalue weighted by atomic mass is 19.3. The summed E-state index contributed by atoms with van der Waals surface area (Å²) in [6, 6.07) is 2.11. The van der Waals surface area contributed by atoms with Crippen LogP contribution >= 0.6 is 0 Å². The first-order valence-electron chi connectivity index (χ1n) is 3.31. The van der Waals surface area contributed by atoms with Crippen molar-refractivity contribution in [3.8, 4) is 0 Å². The van der Waals surface area contributed by atoms with E-state index in [1.807, 2.05) is 0 Å². The van der Waals surface area contributed by atoms with Gasteiger partial charge in [-0.05, 0) is 6.07 Å². The Morgan fingerprint density at radius 2 is 1.85 bits per heavy atom. The summed E-state index contributed by atoms with van der Waals surface area (Å²) >= 11 is 0. The summed E-state index contributed by atoms with van der Waals surface area (Å²) in [5, 5.41) is 18.7. The second-order valence-corrected chi connectivity index (χ2v) is 2.32. The highest BCUT2D eigenvalue weighted by Crippen LogP contribution is 2.22. The standard InChI is InChI=1S/C7H5F3NO2/c8-6-3-4(11(12)13)1-2-5(6)7(9)10/h1-3,7,11H/q-1. The topological polar surface area (TPSA) is 50.6 Å². The van der Waals surface area contributed by atoms with Crippen LogP contribution in [0.5, 0.6) is 0 Å². The van der Waals surface area contributed by atoms with Gasteiger partial charge in [-0.25, -0.2) is 13.2 Å². The van der Waals surface area contributed by atoms with Crippen molar-refractivity contribution in [1.82, 2.24) is 0 Å². The summed E-state index contributed by atoms with van der Waals surface area (Å²) < 4.78 is 36.6. The van der Waals surface area contributed by atoms with Crippen LogP contribution in [0.1, 0.15) is 12.0 Å². The molecule has 0 atom stereocenters. The van der Waals surface area contributed by atoms with Crippen molar-refractivity contribution in [2.75, 3.05) is 0 Å². The third kappa shape index (κ3) is 2.18. The van der Waals surface area contributed by atoms with Crippen molar-refractivity contribution >= 4 is 5.69 Å². The molecule has 0 aliphatic rings. The number of alkyl halides is 2. The molecule has 1 rings (SSSR count). The Kier molecular flexibility index (Phi) is 2.86. The van der Waals surface area contributed by atoms with E-state index in [2.05, 4.69) is 0 Å². The molecule has 0 fully saturated rings. The van der Waals surface area contributed by atoms with Gasteiger partial charge in [0.1, 0.15) is 11.5 Å². The molecule has 0 unspecified atom stereocenters. The van der Waals surface area contributed by atoms with Crippen molar-refractivity contribution in [1.29, 1.82) is 0 Å². The molecule has 1 aromatic carbocycles. The molecule has 0 aliphatic carbocycles. The van der Waals surface area contributed by atoms with Crippen LogP contribution in [0.2, 0.25) is 0 Å². The maximum Gasteiger partial charge on any atom is 0.266 e. The van der Waals surface area contributed by atoms with Gasteiger partial charge in [0.05, 0.1) is 5.56 Å². The molecule has 0 saturated heterocycles. The van der Waals surface area contributed by atoms with E-state index in [-0.39, 0.29) is 0 Å². The highest BCUT2D eigenvalue weighted by molar-refractivity contribution is 5.34. The van der Waals surface area contributed by atoms with Crippen molar-refractivity contribution < 1.29 is 18.4 Å². The summed E-state index contributed by atoms with van der Waals surface area (Å²) in [5.41, 5.74) is -1.27. The molecule has 0 heterocycles. The fraction of sp³-hybridized carbons (Fsp3) is 0.143. The smallest absolute Gasteiger partial charge is 0.266 e. The minimum Gasteiger partial charge on any atom is -0.628 e. The Morgan fingerprint density at radius 1 is 1.23 bits per heavy atom. The van der Waals surface area contributed by atoms with E-state index in [9.17, 15) is 23.6 Å². The van der Waals surface area contributed by atoms with Crippen molar-refractivity contribution in [2.45, 2.75) is 6.43 Å². The third-order valence-corrected chi connectivity index (χ3v) is 1.47. The number of benzene rings is 1. The molecule has 72 valence electrons. The van der Waals surface area contributed by atoms with Crippen LogP contribution in [0, 0.1) is 16.2 Å². The lowest BCUT2D eigenvalue weighted by Crippen LogP contribution is -2.96. The summed E-state index contributed by atoms with van der Waals surface area (Å²) in [5.74, 6) is -1.24. The number of quaternary nitrogens is 1. The number of hydrogen-bond acceptors (Lipinski definition) is 2. The van der Waals surface area contributed by atoms with Crippen LogP contribution in [0.3, 0.4) is 0 Å². The molecule has 1 N–H and O–H groups in total. The van der Waals surface area contributed by atoms with Gasteiger partial charge in [0.25, 0.3) is 6.43 Å². The molecule has 3 nitrogen and oxygen atoms in total. The average molecular weight is 192 g/mol. The first-order valence-corrected chi connectivity index (χ1v) is 3.31. The van der Waals surface area contributed by atoms with Gasteiger partial charge in [-0.1, -0.05) is 0 Å². The summed E-state index contributed by atoms with van der Waals surface area (Å²) in [4.78, 5) is 0. The first-order chi connectivity index (χ1) is 6.02. The van der Waals surface area contributed by atoms with E-state index in [1.165, 1.54) is 0 Å². The minimum absolute atomic E-state index is 0.457. The predicted octanol–water partition coefficient (Wildman–Crippen LogP) is 1.28. The monoisotopic (exact) mass is 192 g/mol. The molecular formula is C7H5F3NO2-. The minimum atomic E-state index is -2.95. The normalized spacial score (nSPS) is 11.3. The number of nitrogens with one attached hydrogen (secondary N) is 1. The molecule has 6 heteroatoms. The maximum atomic E-state index is 12.7. The fourth-order valence-electron chi connectivity index (χ4n) is 0.831. The summed E-state index contributed by atoms with van der Waals surface area (Å²) in [7, 11) is 0. The zero-order chi connectivity index (χ0) is 10.0. The van der Waals surface area contributed by atoms with Crippen LogP contribution in [0.4, 0.5) is 18.9 Å². The Hall–Kier alpha value is -1.11. The lowest BCUT2D eigenvalue weighted by Gasteiger charge is -2.24. The lowest BCUT2D eigenvalue weighted by molar-refractivity contribution is -0.715. The molecule has 13 heavy (non-hydrogen) atoms. The molecule has 0 aliphatic heterocycles. The van der Waals surface area contributed by atoms with E-state index in [1.54, 1.807) is 0 Å². The first kappa shape index (κ1) is 9.97. The Bertz CT molecular complexity index is 304. The number of rotatable bonds is 2. The average Bonchev–Trinajstić information content (AvgIpc) is 2.03. The van der Waals surface area contributed by atoms with E-state index in [0.717, 1.165) is 12.1 Å². The van der Waals surface area contributed by atoms with Crippen LogP contribution in [-0.4, -0.2) is 0 Å². The Morgan fingerprint density at radius 3 is 2.23 bits per heavy atom. The quantitative estimate of drug-likeness (QED) is 0.717. The van der Waals surface area contributed by atoms with Gasteiger partial charge in [-0.3, -0.25) is 0 Å². The molecular weight excluding hydrogens is 187 g/mol. The molecule has 0 radical (unpaired) electrons. The van der Waals surface area contributed by atoms with Crippen molar-refractivity contribution in [2.24, 2.45) is 0 Å². The second kappa shape index (κ2) is 3.73. The highest BCUT2D eigenvalue weighted by Gasteiger charge is 2.13. The van der Waals surface area contributed by atoms with E-state index in [0.29, 0.717) is 6.07 Å². The van der Waals surface area contributed by atoms with E-state index < -0.39 is 28.7 Å². The Labute approximate surface area is 71.5 Å². The van der Waals surface area contributed by atoms with E-state index in [4.69, 9.17) is 0 Å². The summed E-state index contributed by atoms with van der Waals surface area (Å²) in [6.07, 6.45) is -2.95. The molecule has 0 aromatic heterocycles. The van der Waals surface area contributed by atoms with Gasteiger partial charge in [-0.15, -0.1) is 0 Å². The zero-order valence-corrected chi connectivity index (χ0v) is 6.26. The fourth-order valence-corrected chi connectivity index (χ4v) is 0.831. The lowest BCUT2D eigenvalue weighted by atomic mass is 10.2. The largest absolute Gasteiger partial charge is 0.628 e. The van der Waals surface area contributed by atoms with Crippen molar-refractivity contribution in [3.05, 3.63) is 40.0 Å². The Balaban J connectivity index is 3.06. The summed E-state index contributed by atoms with van der Waals surface area (Å²) in [6.45, 7) is 0. The number of hydrogen-bond donors (Lipinski definition) is 1. The molecule has 0 amide bonds. The van der Waals surface area contributed by atoms with Crippen LogP contribution in [-0.2, 0) is 0 Å². The van der Waals surface area contributed by atoms with Gasteiger partial charge in [0.15, 0.2) is 0 Å². The van der Waals surface area contributed by atoms with Crippen molar-refractivity contribution in [3.63, 3.8) is 0 Å². The zero-order valence-electron chi connectivity index (χ0n) is 6.26. The third-order valence-electron chi connectivity index (χ3n) is 1.47. The van der Waals surface area contributed by atoms with Gasteiger partial charge in [-0.2, -0.15) is 0 Å². The van der Waals surface area contributed by atoms with Gasteiger partial charge < -0.3 is 15.6 Å². The van der Waals surface area contributed by atoms with E-state index >= 15 is 0 Å². The van der Waals surface area contributed by atoms with Gasteiger partial charge in [0, 0.05) is 12.1 Å². The maximum absolute atomic E-state index is 12.7. The molecule has 1 aromatic rings. The van der Waals surface area contributed by atoms with Gasteiger partial charge in [0.2, 0.25) is 0 Å². The molecule has 0 bridgehead atoms. The van der Waals surface area contributed by atoms with Crippen LogP contribution in [0.15, 0.2) is 18.2 Å². The molecule has 0 saturated carbocycles. The number of halogens is 3.